The number of ketones is 1. The van der Waals surface area contributed by atoms with Gasteiger partial charge in [0.05, 0.1) is 27.6 Å². The number of anilines is 2. The second kappa shape index (κ2) is 7.91. The normalized spacial score (nSPS) is 21.8. The molecule has 1 saturated carbocycles. The van der Waals surface area contributed by atoms with Crippen molar-refractivity contribution in [1.82, 2.24) is 9.97 Å². The Morgan fingerprint density at radius 1 is 1.21 bits per heavy atom. The third-order valence-electron chi connectivity index (χ3n) is 5.83. The molecular weight excluding hydrogens is 384 g/mol. The summed E-state index contributed by atoms with van der Waals surface area (Å²) in [5.41, 5.74) is 10.8. The molecule has 0 saturated heterocycles. The number of carbonyl (C=O) groups excluding carboxylic acids is 2. The van der Waals surface area contributed by atoms with Gasteiger partial charge in [0.15, 0.2) is 0 Å². The molecule has 4 rings (SSSR count). The molecule has 3 atom stereocenters. The molecule has 1 unspecified atom stereocenters. The van der Waals surface area contributed by atoms with Gasteiger partial charge in [-0.3, -0.25) is 9.59 Å². The molecule has 1 fully saturated rings. The maximum atomic E-state index is 13.1. The van der Waals surface area contributed by atoms with Gasteiger partial charge in [-0.25, -0.2) is 9.97 Å². The number of nitrogens with zero attached hydrogens (tertiary/aromatic N) is 2. The molecule has 1 aromatic carbocycles. The number of Topliss-reactive ketones (excluding diaryl/α,β-unsaturated/α-hetero) is 1. The number of carbonyl (C=O) groups is 2. The number of rotatable bonds is 4. The second-order valence-electron chi connectivity index (χ2n) is 7.96. The Kier molecular flexibility index (Phi) is 5.32. The molecule has 0 aliphatic heterocycles. The molecule has 1 aliphatic rings. The first-order valence-corrected chi connectivity index (χ1v) is 10.7. The summed E-state index contributed by atoms with van der Waals surface area (Å²) in [6, 6.07) is 7.93. The lowest BCUT2D eigenvalue weighted by Gasteiger charge is -2.34. The summed E-state index contributed by atoms with van der Waals surface area (Å²) in [6.45, 7) is 3.96. The van der Waals surface area contributed by atoms with Crippen LogP contribution in [-0.4, -0.2) is 21.7 Å². The van der Waals surface area contributed by atoms with Gasteiger partial charge in [0.25, 0.3) is 5.91 Å². The molecule has 6 nitrogen and oxygen atoms in total. The van der Waals surface area contributed by atoms with Gasteiger partial charge < -0.3 is 11.1 Å². The number of fused-ring (bicyclic) bond motifs is 1. The third kappa shape index (κ3) is 4.00. The van der Waals surface area contributed by atoms with E-state index in [0.29, 0.717) is 23.8 Å². The van der Waals surface area contributed by atoms with Crippen LogP contribution in [0.5, 0.6) is 0 Å². The minimum Gasteiger partial charge on any atom is -0.383 e. The van der Waals surface area contributed by atoms with E-state index in [4.69, 9.17) is 5.73 Å². The molecule has 7 heteroatoms. The van der Waals surface area contributed by atoms with Gasteiger partial charge >= 0.3 is 0 Å². The van der Waals surface area contributed by atoms with Crippen LogP contribution in [-0.2, 0) is 9.59 Å². The van der Waals surface area contributed by atoms with Crippen LogP contribution >= 0.6 is 11.3 Å². The van der Waals surface area contributed by atoms with Gasteiger partial charge in [-0.2, -0.15) is 0 Å². The zero-order chi connectivity index (χ0) is 20.5. The summed E-state index contributed by atoms with van der Waals surface area (Å²) in [5.74, 6) is -0.437. The van der Waals surface area contributed by atoms with Gasteiger partial charge in [-0.15, -0.1) is 11.3 Å². The molecular formula is C22H24N4O2S. The summed E-state index contributed by atoms with van der Waals surface area (Å²) in [6.07, 6.45) is 4.13. The first-order chi connectivity index (χ1) is 13.9. The minimum atomic E-state index is -0.588. The van der Waals surface area contributed by atoms with E-state index in [0.717, 1.165) is 34.2 Å². The Morgan fingerprint density at radius 3 is 2.83 bits per heavy atom. The number of amides is 1. The van der Waals surface area contributed by atoms with E-state index >= 15 is 0 Å². The van der Waals surface area contributed by atoms with E-state index in [9.17, 15) is 9.59 Å². The summed E-state index contributed by atoms with van der Waals surface area (Å²) < 4.78 is 1.13. The van der Waals surface area contributed by atoms with Crippen LogP contribution < -0.4 is 11.1 Å². The molecule has 2 aromatic heterocycles. The number of hydrogen-bond acceptors (Lipinski definition) is 6. The standard InChI is InChI=1S/C22H24N4O2S/c1-12-3-5-16(14-4-6-19-18(9-14)25-11-29-19)17(7-12)20(27)22(28)26-15-8-13(2)21(23)24-10-15/h4,6,8-12,16-17H,3,5,7H2,1-2H3,(H2,23,24)(H,26,28)/t12-,16+,17?/m0/s1. The summed E-state index contributed by atoms with van der Waals surface area (Å²) >= 11 is 1.60. The molecule has 0 radical (unpaired) electrons. The maximum Gasteiger partial charge on any atom is 0.292 e. The summed E-state index contributed by atoms with van der Waals surface area (Å²) in [4.78, 5) is 34.3. The molecule has 0 spiro atoms. The topological polar surface area (TPSA) is 98.0 Å². The number of nitrogens with one attached hydrogen (secondary N) is 1. The monoisotopic (exact) mass is 408 g/mol. The Bertz CT molecular complexity index is 1080. The Labute approximate surface area is 173 Å². The van der Waals surface area contributed by atoms with Crippen molar-refractivity contribution in [2.24, 2.45) is 11.8 Å². The van der Waals surface area contributed by atoms with Gasteiger partial charge in [-0.05, 0) is 60.9 Å². The molecule has 3 N–H and O–H groups in total. The average molecular weight is 409 g/mol. The van der Waals surface area contributed by atoms with Crippen molar-refractivity contribution >= 4 is 44.7 Å². The summed E-state index contributed by atoms with van der Waals surface area (Å²) in [5, 5.41) is 2.70. The van der Waals surface area contributed by atoms with Crippen LogP contribution in [0.1, 0.15) is 43.2 Å². The van der Waals surface area contributed by atoms with Crippen LogP contribution in [0.2, 0.25) is 0 Å². The van der Waals surface area contributed by atoms with Crippen molar-refractivity contribution in [2.75, 3.05) is 11.1 Å². The average Bonchev–Trinajstić information content (AvgIpc) is 3.18. The Hall–Kier alpha value is -2.80. The predicted molar refractivity (Wildman–Crippen MR) is 116 cm³/mol. The Morgan fingerprint density at radius 2 is 2.03 bits per heavy atom. The lowest BCUT2D eigenvalue weighted by atomic mass is 9.70. The van der Waals surface area contributed by atoms with Crippen molar-refractivity contribution in [1.29, 1.82) is 0 Å². The second-order valence-corrected chi connectivity index (χ2v) is 8.84. The molecule has 150 valence electrons. The van der Waals surface area contributed by atoms with Crippen molar-refractivity contribution in [3.63, 3.8) is 0 Å². The molecule has 3 aromatic rings. The fourth-order valence-electron chi connectivity index (χ4n) is 4.19. The quantitative estimate of drug-likeness (QED) is 0.627. The molecule has 29 heavy (non-hydrogen) atoms. The van der Waals surface area contributed by atoms with Gasteiger partial charge in [0.2, 0.25) is 5.78 Å². The highest BCUT2D eigenvalue weighted by molar-refractivity contribution is 7.16. The molecule has 0 bridgehead atoms. The number of thiazole rings is 1. The smallest absolute Gasteiger partial charge is 0.292 e. The first kappa shape index (κ1) is 19.5. The third-order valence-corrected chi connectivity index (χ3v) is 6.64. The van der Waals surface area contributed by atoms with Crippen molar-refractivity contribution in [2.45, 2.75) is 39.0 Å². The van der Waals surface area contributed by atoms with Gasteiger partial charge in [0, 0.05) is 5.92 Å². The van der Waals surface area contributed by atoms with E-state index < -0.39 is 5.91 Å². The fourth-order valence-corrected chi connectivity index (χ4v) is 4.85. The lowest BCUT2D eigenvalue weighted by molar-refractivity contribution is -0.138. The Balaban J connectivity index is 1.57. The van der Waals surface area contributed by atoms with Crippen molar-refractivity contribution in [3.05, 3.63) is 47.1 Å². The van der Waals surface area contributed by atoms with Gasteiger partial charge in [-0.1, -0.05) is 19.4 Å². The van der Waals surface area contributed by atoms with Gasteiger partial charge in [0.1, 0.15) is 5.82 Å². The zero-order valence-electron chi connectivity index (χ0n) is 16.5. The fraction of sp³-hybridized carbons (Fsp3) is 0.364. The largest absolute Gasteiger partial charge is 0.383 e. The van der Waals surface area contributed by atoms with E-state index in [2.05, 4.69) is 40.4 Å². The summed E-state index contributed by atoms with van der Waals surface area (Å²) in [7, 11) is 0. The van der Waals surface area contributed by atoms with Crippen LogP contribution in [0.25, 0.3) is 10.2 Å². The van der Waals surface area contributed by atoms with E-state index in [1.807, 2.05) is 12.4 Å². The highest BCUT2D eigenvalue weighted by Crippen LogP contribution is 2.41. The highest BCUT2D eigenvalue weighted by atomic mass is 32.1. The number of nitrogens with two attached hydrogens (primary N) is 1. The van der Waals surface area contributed by atoms with Crippen LogP contribution in [0.4, 0.5) is 11.5 Å². The van der Waals surface area contributed by atoms with Crippen molar-refractivity contribution < 1.29 is 9.59 Å². The molecule has 2 heterocycles. The maximum absolute atomic E-state index is 13.1. The van der Waals surface area contributed by atoms with Crippen LogP contribution in [0, 0.1) is 18.8 Å². The number of benzene rings is 1. The number of pyridine rings is 1. The van der Waals surface area contributed by atoms with Crippen LogP contribution in [0.15, 0.2) is 36.0 Å². The van der Waals surface area contributed by atoms with E-state index in [1.165, 1.54) is 6.20 Å². The predicted octanol–water partition coefficient (Wildman–Crippen LogP) is 4.31. The number of nitrogen functional groups attached to an aromatic ring is 1. The highest BCUT2D eigenvalue weighted by Gasteiger charge is 2.37. The SMILES string of the molecule is Cc1cc(NC(=O)C(=O)C2C[C@@H](C)CC[C@@H]2c2ccc3scnc3c2)cnc1N. The number of aryl methyl sites for hydroxylation is 1. The number of hydrogen-bond donors (Lipinski definition) is 2. The van der Waals surface area contributed by atoms with E-state index in [1.54, 1.807) is 17.4 Å². The van der Waals surface area contributed by atoms with Crippen molar-refractivity contribution in [3.8, 4) is 0 Å². The first-order valence-electron chi connectivity index (χ1n) is 9.83. The number of aromatic nitrogens is 2. The molecule has 1 amide bonds. The van der Waals surface area contributed by atoms with E-state index in [-0.39, 0.29) is 17.6 Å². The van der Waals surface area contributed by atoms with Crippen LogP contribution in [0.3, 0.4) is 0 Å². The zero-order valence-corrected chi connectivity index (χ0v) is 17.3. The lowest BCUT2D eigenvalue weighted by Crippen LogP contribution is -2.36. The minimum absolute atomic E-state index is 0.0295. The molecule has 1 aliphatic carbocycles.